The number of carbonyl (C=O) groups is 2. The number of rotatable bonds is 6. The van der Waals surface area contributed by atoms with Gasteiger partial charge >= 0.3 is 0 Å². The molecule has 1 aromatic carbocycles. The molecule has 2 atom stereocenters. The van der Waals surface area contributed by atoms with E-state index in [1.165, 1.54) is 38.5 Å². The molecule has 0 aliphatic heterocycles. The first-order valence-electron chi connectivity index (χ1n) is 10.4. The van der Waals surface area contributed by atoms with Crippen LogP contribution >= 0.6 is 0 Å². The Morgan fingerprint density at radius 3 is 2.04 bits per heavy atom. The number of primary amides is 1. The second kappa shape index (κ2) is 6.93. The van der Waals surface area contributed by atoms with E-state index in [1.807, 2.05) is 6.92 Å². The van der Waals surface area contributed by atoms with Crippen LogP contribution in [-0.4, -0.2) is 23.9 Å². The van der Waals surface area contributed by atoms with Gasteiger partial charge < -0.3 is 16.4 Å². The van der Waals surface area contributed by atoms with Gasteiger partial charge in [-0.15, -0.1) is 0 Å². The van der Waals surface area contributed by atoms with Crippen LogP contribution in [-0.2, 0) is 4.79 Å². The first-order chi connectivity index (χ1) is 12.8. The summed E-state index contributed by atoms with van der Waals surface area (Å²) in [6, 6.07) is 7.09. The molecule has 4 fully saturated rings. The molecule has 0 radical (unpaired) electrons. The minimum Gasteiger partial charge on any atom is -0.366 e. The van der Waals surface area contributed by atoms with Gasteiger partial charge in [-0.05, 0) is 94.4 Å². The smallest absolute Gasteiger partial charge is 0.282 e. The molecule has 4 bridgehead atoms. The maximum atomic E-state index is 12.7. The number of nitrogens with one attached hydrogen (secondary N) is 1. The summed E-state index contributed by atoms with van der Waals surface area (Å²) in [7, 11) is 0. The minimum atomic E-state index is -0.459. The van der Waals surface area contributed by atoms with E-state index < -0.39 is 5.91 Å². The monoisotopic (exact) mass is 370 g/mol. The summed E-state index contributed by atoms with van der Waals surface area (Å²) in [6.45, 7) is 4.32. The van der Waals surface area contributed by atoms with E-state index >= 15 is 0 Å². The van der Waals surface area contributed by atoms with Crippen LogP contribution in [0.2, 0.25) is 0 Å². The van der Waals surface area contributed by atoms with E-state index in [2.05, 4.69) is 17.6 Å². The average Bonchev–Trinajstić information content (AvgIpc) is 2.60. The first-order valence-corrected chi connectivity index (χ1v) is 10.4. The highest BCUT2D eigenvalue weighted by Gasteiger charge is 2.54. The Kier molecular flexibility index (Phi) is 4.75. The number of hydrogen-bond donors (Lipinski definition) is 3. The van der Waals surface area contributed by atoms with Gasteiger partial charge in [0.1, 0.15) is 0 Å². The van der Waals surface area contributed by atoms with Gasteiger partial charge in [-0.25, -0.2) is 0 Å². The zero-order valence-electron chi connectivity index (χ0n) is 16.4. The van der Waals surface area contributed by atoms with Crippen LogP contribution in [0.15, 0.2) is 24.3 Å². The van der Waals surface area contributed by atoms with Gasteiger partial charge in [0.05, 0.1) is 6.04 Å². The molecule has 5 rings (SSSR count). The van der Waals surface area contributed by atoms with Gasteiger partial charge in [0.25, 0.3) is 5.91 Å². The van der Waals surface area contributed by atoms with Gasteiger partial charge in [-0.1, -0.05) is 0 Å². The van der Waals surface area contributed by atoms with Crippen molar-refractivity contribution in [1.82, 2.24) is 0 Å². The second-order valence-corrected chi connectivity index (χ2v) is 9.48. The molecule has 146 valence electrons. The third-order valence-corrected chi connectivity index (χ3v) is 7.48. The maximum Gasteiger partial charge on any atom is 0.282 e. The third-order valence-electron chi connectivity index (χ3n) is 7.48. The number of anilines is 1. The van der Waals surface area contributed by atoms with Crippen LogP contribution in [0.1, 0.15) is 62.7 Å². The molecule has 27 heavy (non-hydrogen) atoms. The zero-order valence-corrected chi connectivity index (χ0v) is 16.4. The summed E-state index contributed by atoms with van der Waals surface area (Å²) < 4.78 is 0. The molecule has 4 aliphatic carbocycles. The van der Waals surface area contributed by atoms with E-state index in [4.69, 9.17) is 5.73 Å². The molecule has 5 heteroatoms. The molecule has 0 unspecified atom stereocenters. The van der Waals surface area contributed by atoms with Crippen molar-refractivity contribution in [3.05, 3.63) is 29.8 Å². The fraction of sp³-hybridized carbons (Fsp3) is 0.636. The van der Waals surface area contributed by atoms with Crippen LogP contribution in [0.25, 0.3) is 0 Å². The van der Waals surface area contributed by atoms with E-state index in [9.17, 15) is 9.59 Å². The number of carbonyl (C=O) groups excluding carboxylic acids is 2. The van der Waals surface area contributed by atoms with E-state index in [0.29, 0.717) is 22.7 Å². The lowest BCUT2D eigenvalue weighted by molar-refractivity contribution is -0.718. The highest BCUT2D eigenvalue weighted by atomic mass is 16.2. The van der Waals surface area contributed by atoms with Crippen molar-refractivity contribution in [3.8, 4) is 0 Å². The van der Waals surface area contributed by atoms with Crippen LogP contribution < -0.4 is 16.4 Å². The number of quaternary nitrogens is 1. The fourth-order valence-electron chi connectivity index (χ4n) is 6.43. The summed E-state index contributed by atoms with van der Waals surface area (Å²) in [5.74, 6) is 2.34. The van der Waals surface area contributed by atoms with Gasteiger partial charge in [0.2, 0.25) is 5.91 Å². The van der Waals surface area contributed by atoms with Crippen molar-refractivity contribution >= 4 is 17.5 Å². The largest absolute Gasteiger partial charge is 0.366 e. The molecular formula is C22H32N3O2+. The van der Waals surface area contributed by atoms with Crippen molar-refractivity contribution in [2.75, 3.05) is 5.32 Å². The van der Waals surface area contributed by atoms with Crippen LogP contribution in [0.4, 0.5) is 5.69 Å². The van der Waals surface area contributed by atoms with E-state index in [0.717, 1.165) is 17.8 Å². The van der Waals surface area contributed by atoms with Crippen LogP contribution in [0.3, 0.4) is 0 Å². The van der Waals surface area contributed by atoms with Crippen molar-refractivity contribution in [2.24, 2.45) is 28.9 Å². The normalized spacial score (nSPS) is 33.5. The zero-order chi connectivity index (χ0) is 19.2. The first kappa shape index (κ1) is 18.5. The molecule has 0 spiro atoms. The maximum absolute atomic E-state index is 12.7. The van der Waals surface area contributed by atoms with Gasteiger partial charge in [-0.2, -0.15) is 0 Å². The van der Waals surface area contributed by atoms with Gasteiger partial charge in [0, 0.05) is 16.7 Å². The molecule has 2 amide bonds. The lowest BCUT2D eigenvalue weighted by Crippen LogP contribution is -2.98. The molecule has 0 saturated heterocycles. The molecule has 5 N–H and O–H groups in total. The molecule has 1 aromatic rings. The second-order valence-electron chi connectivity index (χ2n) is 9.48. The summed E-state index contributed by atoms with van der Waals surface area (Å²) in [5, 5.41) is 5.24. The fourth-order valence-corrected chi connectivity index (χ4v) is 6.43. The summed E-state index contributed by atoms with van der Waals surface area (Å²) in [6.07, 6.45) is 8.43. The van der Waals surface area contributed by atoms with Gasteiger partial charge in [-0.3, -0.25) is 9.59 Å². The number of hydrogen-bond acceptors (Lipinski definition) is 2. The quantitative estimate of drug-likeness (QED) is 0.717. The molecule has 0 aromatic heterocycles. The highest BCUT2D eigenvalue weighted by Crippen LogP contribution is 2.60. The minimum absolute atomic E-state index is 0.0124. The molecule has 5 nitrogen and oxygen atoms in total. The molecule has 4 saturated carbocycles. The highest BCUT2D eigenvalue weighted by molar-refractivity contribution is 5.95. The Labute approximate surface area is 161 Å². The number of benzene rings is 1. The van der Waals surface area contributed by atoms with Crippen molar-refractivity contribution in [2.45, 2.75) is 64.5 Å². The Morgan fingerprint density at radius 2 is 1.56 bits per heavy atom. The molecular weight excluding hydrogens is 338 g/mol. The van der Waals surface area contributed by atoms with Gasteiger partial charge in [0.15, 0.2) is 6.04 Å². The van der Waals surface area contributed by atoms with E-state index in [-0.39, 0.29) is 11.9 Å². The van der Waals surface area contributed by atoms with E-state index in [1.54, 1.807) is 24.3 Å². The number of nitrogens with two attached hydrogens (primary N) is 2. The third kappa shape index (κ3) is 3.62. The van der Waals surface area contributed by atoms with Crippen molar-refractivity contribution in [3.63, 3.8) is 0 Å². The standard InChI is InChI=1S/C22H31N3O2/c1-13(21(27)25-19-5-3-18(4-6-19)20(23)26)24-14(2)22-10-15-7-16(11-22)9-17(8-15)12-22/h3-6,13-17,24H,7-12H2,1-2H3,(H2,23,26)(H,25,27)/p+1/t13-,14-,15?,16?,17?,22?/m0/s1. The van der Waals surface area contributed by atoms with Crippen LogP contribution in [0, 0.1) is 23.2 Å². The summed E-state index contributed by atoms with van der Waals surface area (Å²) >= 11 is 0. The Balaban J connectivity index is 1.36. The summed E-state index contributed by atoms with van der Waals surface area (Å²) in [4.78, 5) is 23.8. The predicted octanol–water partition coefficient (Wildman–Crippen LogP) is 2.28. The SMILES string of the molecule is C[C@H]([NH2+][C@@H](C)C12CC3CC(CC(C3)C1)C2)C(=O)Nc1ccc(C(N)=O)cc1. The lowest BCUT2D eigenvalue weighted by atomic mass is 9.48. The van der Waals surface area contributed by atoms with Crippen LogP contribution in [0.5, 0.6) is 0 Å². The Bertz CT molecular complexity index is 692. The lowest BCUT2D eigenvalue weighted by Gasteiger charge is -2.58. The van der Waals surface area contributed by atoms with Crippen molar-refractivity contribution in [1.29, 1.82) is 0 Å². The topological polar surface area (TPSA) is 88.8 Å². The van der Waals surface area contributed by atoms with Crippen molar-refractivity contribution < 1.29 is 14.9 Å². The predicted molar refractivity (Wildman–Crippen MR) is 105 cm³/mol. The summed E-state index contributed by atoms with van der Waals surface area (Å²) in [5.41, 5.74) is 6.85. The average molecular weight is 371 g/mol. The Morgan fingerprint density at radius 1 is 1.04 bits per heavy atom. The Hall–Kier alpha value is -1.88. The number of amides is 2. The molecule has 4 aliphatic rings. The molecule has 0 heterocycles.